The Bertz CT molecular complexity index is 1780. The van der Waals surface area contributed by atoms with Gasteiger partial charge in [0.25, 0.3) is 0 Å². The average molecular weight is 615 g/mol. The number of fused-ring (bicyclic) bond motifs is 2. The van der Waals surface area contributed by atoms with Gasteiger partial charge in [-0.05, 0) is 78.6 Å². The molecule has 226 valence electrons. The van der Waals surface area contributed by atoms with Crippen LogP contribution in [0.25, 0.3) is 11.8 Å². The molecular formula is C30H30F4N6O2S. The lowest BCUT2D eigenvalue weighted by Crippen LogP contribution is -2.42. The van der Waals surface area contributed by atoms with Crippen LogP contribution >= 0.6 is 0 Å². The van der Waals surface area contributed by atoms with E-state index in [0.29, 0.717) is 25.0 Å². The van der Waals surface area contributed by atoms with Crippen LogP contribution in [0.15, 0.2) is 71.5 Å². The minimum Gasteiger partial charge on any atom is -0.274 e. The number of aromatic nitrogens is 5. The number of alkyl halides is 3. The second kappa shape index (κ2) is 10.7. The van der Waals surface area contributed by atoms with Gasteiger partial charge >= 0.3 is 6.18 Å². The molecule has 0 N–H and O–H groups in total. The van der Waals surface area contributed by atoms with E-state index in [4.69, 9.17) is 0 Å². The quantitative estimate of drug-likeness (QED) is 0.247. The summed E-state index contributed by atoms with van der Waals surface area (Å²) >= 11 is 0. The molecule has 0 radical (unpaired) electrons. The summed E-state index contributed by atoms with van der Waals surface area (Å²) < 4.78 is 86.9. The van der Waals surface area contributed by atoms with Gasteiger partial charge in [-0.2, -0.15) is 27.7 Å². The molecule has 0 bridgehead atoms. The highest BCUT2D eigenvalue weighted by molar-refractivity contribution is 7.89. The summed E-state index contributed by atoms with van der Waals surface area (Å²) in [5.74, 6) is -0.504. The monoisotopic (exact) mass is 614 g/mol. The lowest BCUT2D eigenvalue weighted by atomic mass is 9.70. The van der Waals surface area contributed by atoms with Gasteiger partial charge in [0.2, 0.25) is 10.0 Å². The maximum absolute atomic E-state index is 14.0. The largest absolute Gasteiger partial charge is 0.436 e. The van der Waals surface area contributed by atoms with Crippen molar-refractivity contribution in [1.82, 2.24) is 28.9 Å². The highest BCUT2D eigenvalue weighted by Gasteiger charge is 2.48. The standard InChI is InChI=1S/C30H30F4N6O2S/c1-29-16-20-17-36-40(25-10-8-23(31)9-11-25)26(20)15-21(29)6-7-22(29)18-39(14-12-24-5-3-4-13-35-24)43(41,42)27-19-38(2)37-28(27)30(32,33)34/h3-5,8-11,13,15,17,19,22H,6-7,12,14,16,18H2,1-2H3/t22-,29+/m1/s1. The van der Waals surface area contributed by atoms with E-state index < -0.39 is 32.2 Å². The fraction of sp³-hybridized carbons (Fsp3) is 0.367. The van der Waals surface area contributed by atoms with Crippen molar-refractivity contribution in [3.8, 4) is 5.69 Å². The van der Waals surface area contributed by atoms with Gasteiger partial charge in [-0.25, -0.2) is 17.5 Å². The molecule has 0 saturated heterocycles. The Morgan fingerprint density at radius 2 is 1.91 bits per heavy atom. The molecule has 1 fully saturated rings. The number of allylic oxidation sites excluding steroid dienone is 1. The summed E-state index contributed by atoms with van der Waals surface area (Å²) in [7, 11) is -3.31. The Balaban J connectivity index is 1.33. The molecule has 13 heteroatoms. The van der Waals surface area contributed by atoms with Crippen LogP contribution in [0.4, 0.5) is 17.6 Å². The van der Waals surface area contributed by atoms with E-state index in [0.717, 1.165) is 33.4 Å². The smallest absolute Gasteiger partial charge is 0.274 e. The lowest BCUT2D eigenvalue weighted by Gasteiger charge is -2.38. The van der Waals surface area contributed by atoms with E-state index in [1.54, 1.807) is 47.4 Å². The first-order chi connectivity index (χ1) is 20.4. The summed E-state index contributed by atoms with van der Waals surface area (Å²) in [6, 6.07) is 11.4. The number of hydrogen-bond acceptors (Lipinski definition) is 5. The minimum atomic E-state index is -4.93. The average Bonchev–Trinajstić information content (AvgIpc) is 3.65. The van der Waals surface area contributed by atoms with E-state index in [1.807, 2.05) is 0 Å². The first-order valence-electron chi connectivity index (χ1n) is 13.9. The van der Waals surface area contributed by atoms with Crippen molar-refractivity contribution in [2.24, 2.45) is 18.4 Å². The summed E-state index contributed by atoms with van der Waals surface area (Å²) in [5.41, 5.74) is 2.51. The fourth-order valence-corrected chi connectivity index (χ4v) is 8.02. The van der Waals surface area contributed by atoms with Crippen molar-refractivity contribution >= 4 is 16.1 Å². The molecule has 6 rings (SSSR count). The Kier molecular flexibility index (Phi) is 7.28. The highest BCUT2D eigenvalue weighted by Crippen LogP contribution is 2.53. The first-order valence-corrected chi connectivity index (χ1v) is 15.3. The van der Waals surface area contributed by atoms with E-state index in [9.17, 15) is 26.0 Å². The summed E-state index contributed by atoms with van der Waals surface area (Å²) in [6.45, 7) is 2.09. The van der Waals surface area contributed by atoms with Crippen molar-refractivity contribution in [1.29, 1.82) is 0 Å². The number of sulfonamides is 1. The highest BCUT2D eigenvalue weighted by atomic mass is 32.2. The van der Waals surface area contributed by atoms with E-state index in [-0.39, 0.29) is 31.2 Å². The Morgan fingerprint density at radius 1 is 1.14 bits per heavy atom. The van der Waals surface area contributed by atoms with Gasteiger partial charge in [0.05, 0.1) is 17.6 Å². The van der Waals surface area contributed by atoms with Crippen LogP contribution < -0.4 is 0 Å². The third-order valence-corrected chi connectivity index (χ3v) is 10.5. The number of halogens is 4. The van der Waals surface area contributed by atoms with Crippen molar-refractivity contribution in [2.75, 3.05) is 13.1 Å². The second-order valence-corrected chi connectivity index (χ2v) is 13.3. The normalized spacial score (nSPS) is 20.3. The second-order valence-electron chi connectivity index (χ2n) is 11.4. The maximum atomic E-state index is 14.0. The van der Waals surface area contributed by atoms with Crippen molar-refractivity contribution in [2.45, 2.75) is 43.7 Å². The van der Waals surface area contributed by atoms with Crippen molar-refractivity contribution < 1.29 is 26.0 Å². The van der Waals surface area contributed by atoms with Gasteiger partial charge in [0.15, 0.2) is 5.69 Å². The molecule has 4 aromatic rings. The van der Waals surface area contributed by atoms with Gasteiger partial charge in [-0.15, -0.1) is 0 Å². The fourth-order valence-electron chi connectivity index (χ4n) is 6.35. The number of rotatable bonds is 8. The van der Waals surface area contributed by atoms with Gasteiger partial charge in [0.1, 0.15) is 10.7 Å². The van der Waals surface area contributed by atoms with E-state index >= 15 is 0 Å². The van der Waals surface area contributed by atoms with Crippen LogP contribution in [0, 0.1) is 17.2 Å². The maximum Gasteiger partial charge on any atom is 0.436 e. The molecule has 1 saturated carbocycles. The predicted octanol–water partition coefficient (Wildman–Crippen LogP) is 5.45. The van der Waals surface area contributed by atoms with Crippen LogP contribution in [0.3, 0.4) is 0 Å². The van der Waals surface area contributed by atoms with Gasteiger partial charge in [-0.3, -0.25) is 9.67 Å². The Hall–Kier alpha value is -3.84. The molecular weight excluding hydrogens is 584 g/mol. The van der Waals surface area contributed by atoms with Crippen molar-refractivity contribution in [3.05, 3.63) is 95.1 Å². The predicted molar refractivity (Wildman–Crippen MR) is 151 cm³/mol. The topological polar surface area (TPSA) is 85.9 Å². The van der Waals surface area contributed by atoms with Crippen LogP contribution in [-0.4, -0.2) is 50.4 Å². The van der Waals surface area contributed by atoms with Gasteiger partial charge in [-0.1, -0.05) is 18.6 Å². The molecule has 43 heavy (non-hydrogen) atoms. The summed E-state index contributed by atoms with van der Waals surface area (Å²) in [5, 5.41) is 7.99. The van der Waals surface area contributed by atoms with Gasteiger partial charge in [0, 0.05) is 44.6 Å². The number of benzene rings is 1. The van der Waals surface area contributed by atoms with Crippen LogP contribution in [-0.2, 0) is 36.1 Å². The summed E-state index contributed by atoms with van der Waals surface area (Å²) in [4.78, 5) is 3.42. The zero-order valence-corrected chi connectivity index (χ0v) is 24.4. The summed E-state index contributed by atoms with van der Waals surface area (Å²) in [6.07, 6.45) is 3.64. The van der Waals surface area contributed by atoms with Crippen LogP contribution in [0.1, 0.15) is 42.4 Å². The van der Waals surface area contributed by atoms with E-state index in [2.05, 4.69) is 28.2 Å². The molecule has 2 aliphatic rings. The molecule has 0 unspecified atom stereocenters. The Morgan fingerprint density at radius 3 is 2.60 bits per heavy atom. The first kappa shape index (κ1) is 29.2. The molecule has 8 nitrogen and oxygen atoms in total. The van der Waals surface area contributed by atoms with Crippen LogP contribution in [0.5, 0.6) is 0 Å². The molecule has 3 heterocycles. The molecule has 2 aliphatic carbocycles. The third kappa shape index (κ3) is 5.40. The SMILES string of the molecule is Cn1cc(S(=O)(=O)N(CCc2ccccn2)C[C@H]2CCC3=Cc4c(cnn4-c4ccc(F)cc4)C[C@@]32C)c(C(F)(F)F)n1. The van der Waals surface area contributed by atoms with Gasteiger partial charge < -0.3 is 0 Å². The van der Waals surface area contributed by atoms with E-state index in [1.165, 1.54) is 23.5 Å². The number of pyridine rings is 1. The molecule has 0 aliphatic heterocycles. The molecule has 0 spiro atoms. The number of nitrogens with zero attached hydrogens (tertiary/aromatic N) is 6. The Labute approximate surface area is 246 Å². The number of hydrogen-bond donors (Lipinski definition) is 0. The molecule has 1 aromatic carbocycles. The van der Waals surface area contributed by atoms with Crippen LogP contribution in [0.2, 0.25) is 0 Å². The zero-order valence-electron chi connectivity index (χ0n) is 23.6. The molecule has 2 atom stereocenters. The lowest BCUT2D eigenvalue weighted by molar-refractivity contribution is -0.143. The minimum absolute atomic E-state index is 0.0368. The van der Waals surface area contributed by atoms with Crippen molar-refractivity contribution in [3.63, 3.8) is 0 Å². The molecule has 0 amide bonds. The zero-order chi connectivity index (χ0) is 30.6. The molecule has 3 aromatic heterocycles. The number of aryl methyl sites for hydroxylation is 1. The third-order valence-electron chi connectivity index (χ3n) is 8.67.